The summed E-state index contributed by atoms with van der Waals surface area (Å²) < 4.78 is 103. The fraction of sp³-hybridized carbons (Fsp3) is 1.00. The van der Waals surface area contributed by atoms with Gasteiger partial charge in [-0.25, -0.2) is 13.2 Å². The Morgan fingerprint density at radius 3 is 0.786 bits per heavy atom. The maximum Gasteiger partial charge on any atom is 0.436 e. The van der Waals surface area contributed by atoms with Crippen molar-refractivity contribution in [1.82, 2.24) is 0 Å². The van der Waals surface area contributed by atoms with Crippen LogP contribution in [-0.4, -0.2) is 24.1 Å². The lowest BCUT2D eigenvalue weighted by Gasteiger charge is -2.39. The number of rotatable bonds is 1. The smallest absolute Gasteiger partial charge is 0.436 e. The molecular formula is C4F9O-. The van der Waals surface area contributed by atoms with Gasteiger partial charge in [0, 0.05) is 0 Å². The zero-order valence-corrected chi connectivity index (χ0v) is 5.81. The van der Waals surface area contributed by atoms with Gasteiger partial charge in [-0.05, 0) is 0 Å². The molecule has 0 rings (SSSR count). The quantitative estimate of drug-likeness (QED) is 0.635. The van der Waals surface area contributed by atoms with Crippen molar-refractivity contribution in [2.75, 3.05) is 0 Å². The Morgan fingerprint density at radius 1 is 0.571 bits per heavy atom. The summed E-state index contributed by atoms with van der Waals surface area (Å²) in [6, 6.07) is 0. The van der Waals surface area contributed by atoms with Crippen molar-refractivity contribution in [1.29, 1.82) is 0 Å². The lowest BCUT2D eigenvalue weighted by molar-refractivity contribution is -0.631. The lowest BCUT2D eigenvalue weighted by Crippen LogP contribution is -2.69. The first-order chi connectivity index (χ1) is 5.75. The van der Waals surface area contributed by atoms with Crippen molar-refractivity contribution in [2.24, 2.45) is 0 Å². The Morgan fingerprint density at radius 2 is 0.786 bits per heavy atom. The topological polar surface area (TPSA) is 23.1 Å². The van der Waals surface area contributed by atoms with Crippen LogP contribution in [0, 0.1) is 0 Å². The molecular weight excluding hydrogens is 235 g/mol. The molecule has 0 aliphatic rings. The molecule has 0 saturated carbocycles. The predicted octanol–water partition coefficient (Wildman–Crippen LogP) is 1.77. The van der Waals surface area contributed by atoms with Crippen LogP contribution in [0.2, 0.25) is 0 Å². The van der Waals surface area contributed by atoms with Crippen molar-refractivity contribution < 1.29 is 44.6 Å². The van der Waals surface area contributed by atoms with Gasteiger partial charge in [-0.15, -0.1) is 0 Å². The van der Waals surface area contributed by atoms with E-state index in [9.17, 15) is 44.6 Å². The van der Waals surface area contributed by atoms with E-state index < -0.39 is 24.1 Å². The molecule has 0 unspecified atom stereocenters. The highest BCUT2D eigenvalue weighted by Gasteiger charge is 2.80. The molecule has 0 aromatic rings. The van der Waals surface area contributed by atoms with Crippen molar-refractivity contribution >= 4 is 0 Å². The molecule has 0 saturated heterocycles. The Hall–Kier alpha value is -0.670. The molecule has 0 bridgehead atoms. The van der Waals surface area contributed by atoms with Gasteiger partial charge in [0.05, 0.1) is 0 Å². The first-order valence-corrected chi connectivity index (χ1v) is 2.65. The van der Waals surface area contributed by atoms with Crippen molar-refractivity contribution in [2.45, 2.75) is 24.1 Å². The summed E-state index contributed by atoms with van der Waals surface area (Å²) in [7, 11) is 0. The van der Waals surface area contributed by atoms with E-state index in [0.29, 0.717) is 0 Å². The van der Waals surface area contributed by atoms with Gasteiger partial charge in [0.1, 0.15) is 0 Å². The molecule has 1 nitrogen and oxygen atoms in total. The third-order valence-electron chi connectivity index (χ3n) is 1.18. The van der Waals surface area contributed by atoms with Gasteiger partial charge in [-0.3, -0.25) is 0 Å². The standard InChI is InChI=1S/C4F9O/c5-1(2(6,7)8,3(9,10)11)4(12,13)14/q-1. The molecule has 0 aliphatic carbocycles. The van der Waals surface area contributed by atoms with Gasteiger partial charge in [0.2, 0.25) is 6.11 Å². The summed E-state index contributed by atoms with van der Waals surface area (Å²) in [5.41, 5.74) is -7.08. The molecule has 0 radical (unpaired) electrons. The largest absolute Gasteiger partial charge is 0.795 e. The van der Waals surface area contributed by atoms with E-state index in [4.69, 9.17) is 0 Å². The Labute approximate surface area is 70.1 Å². The fourth-order valence-corrected chi connectivity index (χ4v) is 0.491. The molecule has 0 amide bonds. The van der Waals surface area contributed by atoms with Gasteiger partial charge in [0.15, 0.2) is 0 Å². The van der Waals surface area contributed by atoms with Crippen LogP contribution in [-0.2, 0) is 0 Å². The molecule has 0 N–H and O–H groups in total. The van der Waals surface area contributed by atoms with Gasteiger partial charge in [0.25, 0.3) is 0 Å². The highest BCUT2D eigenvalue weighted by atomic mass is 19.4. The van der Waals surface area contributed by atoms with Gasteiger partial charge in [-0.1, -0.05) is 0 Å². The van der Waals surface area contributed by atoms with Crippen molar-refractivity contribution in [3.63, 3.8) is 0 Å². The van der Waals surface area contributed by atoms with Crippen LogP contribution >= 0.6 is 0 Å². The van der Waals surface area contributed by atoms with Crippen LogP contribution in [0.25, 0.3) is 0 Å². The summed E-state index contributed by atoms with van der Waals surface area (Å²) in [5.74, 6) is 0. The van der Waals surface area contributed by atoms with E-state index in [1.807, 2.05) is 0 Å². The second kappa shape index (κ2) is 2.91. The molecule has 86 valence electrons. The maximum absolute atomic E-state index is 12.0. The zero-order valence-electron chi connectivity index (χ0n) is 5.81. The molecule has 10 heteroatoms. The second-order valence-corrected chi connectivity index (χ2v) is 2.17. The number of hydrogen-bond acceptors (Lipinski definition) is 1. The van der Waals surface area contributed by atoms with Crippen LogP contribution in [0.1, 0.15) is 0 Å². The summed E-state index contributed by atoms with van der Waals surface area (Å²) >= 11 is 0. The minimum Gasteiger partial charge on any atom is -0.795 e. The normalized spacial score (nSPS) is 15.9. The predicted molar refractivity (Wildman–Crippen MR) is 20.9 cm³/mol. The number of halogens is 9. The monoisotopic (exact) mass is 235 g/mol. The summed E-state index contributed by atoms with van der Waals surface area (Å²) in [6.45, 7) is 0. The third kappa shape index (κ3) is 1.74. The van der Waals surface area contributed by atoms with E-state index in [1.165, 1.54) is 0 Å². The summed E-state index contributed by atoms with van der Waals surface area (Å²) in [4.78, 5) is 0. The van der Waals surface area contributed by atoms with Gasteiger partial charge >= 0.3 is 18.0 Å². The van der Waals surface area contributed by atoms with E-state index in [1.54, 1.807) is 0 Å². The molecule has 0 atom stereocenters. The van der Waals surface area contributed by atoms with Gasteiger partial charge in [-0.2, -0.15) is 26.3 Å². The molecule has 0 aromatic heterocycles. The van der Waals surface area contributed by atoms with Crippen LogP contribution in [0.4, 0.5) is 39.5 Å². The van der Waals surface area contributed by atoms with Crippen LogP contribution in [0.15, 0.2) is 0 Å². The van der Waals surface area contributed by atoms with Crippen molar-refractivity contribution in [3.05, 3.63) is 0 Å². The van der Waals surface area contributed by atoms with E-state index in [-0.39, 0.29) is 0 Å². The molecule has 14 heavy (non-hydrogen) atoms. The average molecular weight is 235 g/mol. The van der Waals surface area contributed by atoms with Crippen LogP contribution in [0.5, 0.6) is 0 Å². The van der Waals surface area contributed by atoms with E-state index >= 15 is 0 Å². The number of hydrogen-bond donors (Lipinski definition) is 0. The highest BCUT2D eigenvalue weighted by molar-refractivity contribution is 4.99. The molecule has 0 aliphatic heterocycles. The zero-order chi connectivity index (χ0) is 12.0. The highest BCUT2D eigenvalue weighted by Crippen LogP contribution is 2.52. The van der Waals surface area contributed by atoms with Crippen molar-refractivity contribution in [3.8, 4) is 0 Å². The van der Waals surface area contributed by atoms with Crippen LogP contribution in [0.3, 0.4) is 0 Å². The summed E-state index contributed by atoms with van der Waals surface area (Å²) in [5, 5.41) is 9.27. The maximum atomic E-state index is 12.0. The number of alkyl halides is 9. The molecule has 0 aromatic carbocycles. The first-order valence-electron chi connectivity index (χ1n) is 2.65. The first kappa shape index (κ1) is 13.3. The molecule has 0 fully saturated rings. The third-order valence-corrected chi connectivity index (χ3v) is 1.18. The summed E-state index contributed by atoms with van der Waals surface area (Å²) in [6.07, 6.45) is -20.9. The van der Waals surface area contributed by atoms with E-state index in [2.05, 4.69) is 0 Å². The van der Waals surface area contributed by atoms with E-state index in [0.717, 1.165) is 0 Å². The SMILES string of the molecule is [O-]C(F)(F)C(F)(C(F)(F)F)C(F)(F)F. The molecule has 0 heterocycles. The Balaban J connectivity index is 5.54. The fourth-order valence-electron chi connectivity index (χ4n) is 0.491. The Bertz CT molecular complexity index is 170. The minimum absolute atomic E-state index is 6.84. The molecule has 0 spiro atoms. The van der Waals surface area contributed by atoms with Crippen LogP contribution < -0.4 is 5.11 Å². The van der Waals surface area contributed by atoms with Gasteiger partial charge < -0.3 is 5.11 Å². The average Bonchev–Trinajstić information content (AvgIpc) is 1.77. The second-order valence-electron chi connectivity index (χ2n) is 2.17. The minimum atomic E-state index is -7.08. The lowest BCUT2D eigenvalue weighted by atomic mass is 10.0. The Kier molecular flexibility index (Phi) is 2.77.